The molecule has 1 aromatic carbocycles. The second-order valence-electron chi connectivity index (χ2n) is 9.37. The molecule has 1 saturated heterocycles. The molecular weight excluding hydrogens is 529 g/mol. The highest BCUT2D eigenvalue weighted by atomic mass is 19.1. The van der Waals surface area contributed by atoms with Gasteiger partial charge in [-0.05, 0) is 55.8 Å². The van der Waals surface area contributed by atoms with Crippen molar-refractivity contribution in [3.63, 3.8) is 0 Å². The summed E-state index contributed by atoms with van der Waals surface area (Å²) in [6.45, 7) is 3.13. The summed E-state index contributed by atoms with van der Waals surface area (Å²) in [5, 5.41) is 5.98. The van der Waals surface area contributed by atoms with Crippen LogP contribution in [0.4, 0.5) is 26.6 Å². The third-order valence-electron chi connectivity index (χ3n) is 6.41. The zero-order chi connectivity index (χ0) is 28.8. The molecule has 3 atom stereocenters. The number of amides is 2. The number of hydrogen-bond acceptors (Lipinski definition) is 9. The van der Waals surface area contributed by atoms with Crippen LogP contribution in [0.3, 0.4) is 0 Å². The maximum absolute atomic E-state index is 14.0. The van der Waals surface area contributed by atoms with Crippen molar-refractivity contribution >= 4 is 29.5 Å². The summed E-state index contributed by atoms with van der Waals surface area (Å²) in [6.07, 6.45) is 4.52. The molecule has 4 aromatic rings. The Labute approximate surface area is 235 Å². The maximum Gasteiger partial charge on any atom is 0.416 e. The average Bonchev–Trinajstić information content (AvgIpc) is 3.39. The first-order chi connectivity index (χ1) is 19.9. The number of halogens is 1. The quantitative estimate of drug-likeness (QED) is 0.282. The van der Waals surface area contributed by atoms with Gasteiger partial charge in [-0.15, -0.1) is 0 Å². The molecule has 1 fully saturated rings. The first-order valence-electron chi connectivity index (χ1n) is 13.0. The van der Waals surface area contributed by atoms with Crippen LogP contribution in [-0.4, -0.2) is 57.4 Å². The van der Waals surface area contributed by atoms with E-state index < -0.39 is 18.3 Å². The van der Waals surface area contributed by atoms with Crippen molar-refractivity contribution in [2.75, 3.05) is 28.7 Å². The van der Waals surface area contributed by atoms with Crippen molar-refractivity contribution in [3.05, 3.63) is 85.1 Å². The fourth-order valence-electron chi connectivity index (χ4n) is 4.21. The Kier molecular flexibility index (Phi) is 8.28. The zero-order valence-corrected chi connectivity index (χ0v) is 22.4. The van der Waals surface area contributed by atoms with Crippen LogP contribution >= 0.6 is 0 Å². The van der Waals surface area contributed by atoms with Crippen LogP contribution in [-0.2, 0) is 9.53 Å². The van der Waals surface area contributed by atoms with E-state index in [-0.39, 0.29) is 36.9 Å². The van der Waals surface area contributed by atoms with Crippen molar-refractivity contribution in [3.8, 4) is 16.9 Å². The van der Waals surface area contributed by atoms with Crippen LogP contribution in [0.25, 0.3) is 11.1 Å². The van der Waals surface area contributed by atoms with Crippen molar-refractivity contribution in [1.82, 2.24) is 19.9 Å². The first-order valence-corrected chi connectivity index (χ1v) is 13.0. The van der Waals surface area contributed by atoms with Crippen LogP contribution in [0.15, 0.2) is 79.4 Å². The van der Waals surface area contributed by atoms with Gasteiger partial charge >= 0.3 is 6.09 Å². The smallest absolute Gasteiger partial charge is 0.416 e. The summed E-state index contributed by atoms with van der Waals surface area (Å²) in [5.74, 6) is 0.778. The molecule has 41 heavy (non-hydrogen) atoms. The molecule has 1 aliphatic rings. The predicted octanol–water partition coefficient (Wildman–Crippen LogP) is 4.81. The SMILES string of the molecule is C[C@H](Nc1nccc(N2C(=O)OC[C@@H]2[C@H](C)F)n1)c1ccc(-c2ccc(NC(=O)COc3cccnc3)cc2)cn1. The molecule has 2 N–H and O–H groups in total. The molecule has 12 heteroatoms. The van der Waals surface area contributed by atoms with E-state index in [2.05, 4.69) is 30.6 Å². The fraction of sp³-hybridized carbons (Fsp3) is 0.241. The maximum atomic E-state index is 14.0. The molecule has 0 unspecified atom stereocenters. The third kappa shape index (κ3) is 6.72. The van der Waals surface area contributed by atoms with Gasteiger partial charge in [0.2, 0.25) is 5.95 Å². The van der Waals surface area contributed by atoms with Crippen molar-refractivity contribution in [2.24, 2.45) is 0 Å². The van der Waals surface area contributed by atoms with Gasteiger partial charge in [0.05, 0.1) is 17.9 Å². The molecule has 0 radical (unpaired) electrons. The number of carbonyl (C=O) groups excluding carboxylic acids is 2. The fourth-order valence-corrected chi connectivity index (χ4v) is 4.21. The van der Waals surface area contributed by atoms with E-state index in [9.17, 15) is 14.0 Å². The van der Waals surface area contributed by atoms with Crippen LogP contribution in [0.1, 0.15) is 25.6 Å². The number of ether oxygens (including phenoxy) is 2. The van der Waals surface area contributed by atoms with Crippen LogP contribution in [0.5, 0.6) is 5.75 Å². The van der Waals surface area contributed by atoms with Crippen LogP contribution < -0.4 is 20.3 Å². The molecule has 0 spiro atoms. The van der Waals surface area contributed by atoms with Crippen molar-refractivity contribution in [1.29, 1.82) is 0 Å². The summed E-state index contributed by atoms with van der Waals surface area (Å²) in [4.78, 5) is 42.7. The van der Waals surface area contributed by atoms with Gasteiger partial charge in [0.25, 0.3) is 5.91 Å². The normalized spacial score (nSPS) is 16.0. The monoisotopic (exact) mass is 557 g/mol. The number of cyclic esters (lactones) is 1. The van der Waals surface area contributed by atoms with E-state index in [1.54, 1.807) is 30.7 Å². The van der Waals surface area contributed by atoms with Crippen LogP contribution in [0, 0.1) is 0 Å². The molecule has 3 aromatic heterocycles. The Hall–Kier alpha value is -5.13. The topological polar surface area (TPSA) is 131 Å². The Morgan fingerprint density at radius 3 is 2.59 bits per heavy atom. The highest BCUT2D eigenvalue weighted by Crippen LogP contribution is 2.26. The largest absolute Gasteiger partial charge is 0.482 e. The van der Waals surface area contributed by atoms with E-state index in [0.717, 1.165) is 16.8 Å². The number of carbonyl (C=O) groups is 2. The van der Waals surface area contributed by atoms with Crippen LogP contribution in [0.2, 0.25) is 0 Å². The number of rotatable bonds is 10. The van der Waals surface area contributed by atoms with Crippen molar-refractivity contribution in [2.45, 2.75) is 32.1 Å². The molecule has 11 nitrogen and oxygen atoms in total. The lowest BCUT2D eigenvalue weighted by molar-refractivity contribution is -0.118. The second kappa shape index (κ2) is 12.4. The molecule has 1 aliphatic heterocycles. The summed E-state index contributed by atoms with van der Waals surface area (Å²) >= 11 is 0. The number of aromatic nitrogens is 4. The lowest BCUT2D eigenvalue weighted by Gasteiger charge is -2.22. The van der Waals surface area contributed by atoms with Gasteiger partial charge in [0, 0.05) is 29.8 Å². The summed E-state index contributed by atoms with van der Waals surface area (Å²) in [7, 11) is 0. The third-order valence-corrected chi connectivity index (χ3v) is 6.41. The van der Waals surface area contributed by atoms with Gasteiger partial charge in [-0.2, -0.15) is 4.98 Å². The number of hydrogen-bond donors (Lipinski definition) is 2. The van der Waals surface area contributed by atoms with Gasteiger partial charge in [-0.25, -0.2) is 14.2 Å². The molecule has 4 heterocycles. The van der Waals surface area contributed by atoms with Gasteiger partial charge in [0.1, 0.15) is 30.4 Å². The lowest BCUT2D eigenvalue weighted by Crippen LogP contribution is -2.39. The minimum Gasteiger partial charge on any atom is -0.482 e. The van der Waals surface area contributed by atoms with Gasteiger partial charge < -0.3 is 20.1 Å². The first kappa shape index (κ1) is 27.4. The number of nitrogens with zero attached hydrogens (tertiary/aromatic N) is 5. The van der Waals surface area contributed by atoms with E-state index in [1.807, 2.05) is 43.3 Å². The van der Waals surface area contributed by atoms with Gasteiger partial charge in [-0.3, -0.25) is 19.7 Å². The minimum atomic E-state index is -1.28. The second-order valence-corrected chi connectivity index (χ2v) is 9.37. The number of alkyl halides is 1. The molecule has 0 aliphatic carbocycles. The Morgan fingerprint density at radius 2 is 1.88 bits per heavy atom. The number of pyridine rings is 2. The average molecular weight is 558 g/mol. The van der Waals surface area contributed by atoms with Crippen molar-refractivity contribution < 1.29 is 23.5 Å². The van der Waals surface area contributed by atoms with Gasteiger partial charge in [-0.1, -0.05) is 18.2 Å². The molecule has 2 amide bonds. The molecule has 0 bridgehead atoms. The van der Waals surface area contributed by atoms with E-state index in [4.69, 9.17) is 9.47 Å². The Balaban J connectivity index is 1.18. The highest BCUT2D eigenvalue weighted by molar-refractivity contribution is 5.92. The summed E-state index contributed by atoms with van der Waals surface area (Å²) < 4.78 is 24.4. The molecule has 5 rings (SSSR count). The lowest BCUT2D eigenvalue weighted by atomic mass is 10.1. The van der Waals surface area contributed by atoms with E-state index in [0.29, 0.717) is 11.4 Å². The number of nitrogens with one attached hydrogen (secondary N) is 2. The number of anilines is 3. The molecule has 0 saturated carbocycles. The highest BCUT2D eigenvalue weighted by Gasteiger charge is 2.39. The molecular formula is C29H28FN7O4. The summed E-state index contributed by atoms with van der Waals surface area (Å²) in [5.41, 5.74) is 3.22. The molecule has 210 valence electrons. The Bertz CT molecular complexity index is 1490. The summed E-state index contributed by atoms with van der Waals surface area (Å²) in [6, 6.07) is 15.2. The van der Waals surface area contributed by atoms with E-state index in [1.165, 1.54) is 24.1 Å². The van der Waals surface area contributed by atoms with E-state index >= 15 is 0 Å². The predicted molar refractivity (Wildman–Crippen MR) is 150 cm³/mol. The standard InChI is InChI=1S/C29H28FN7O4/c1-18(30)25-16-41-29(39)37(25)26-11-13-32-28(36-26)34-19(2)24-10-7-21(14-33-24)20-5-8-22(9-6-20)35-27(38)17-40-23-4-3-12-31-15-23/h3-15,18-19,25H,16-17H2,1-2H3,(H,35,38)(H,32,34,36)/t18-,19-,25+/m0/s1. The zero-order valence-electron chi connectivity index (χ0n) is 22.4. The van der Waals surface area contributed by atoms with Gasteiger partial charge in [0.15, 0.2) is 6.61 Å². The Morgan fingerprint density at radius 1 is 1.07 bits per heavy atom. The minimum absolute atomic E-state index is 0.0326. The number of benzene rings is 1.